The monoisotopic (exact) mass is 323 g/mol. The fraction of sp³-hybridized carbons (Fsp3) is 0.316. The largest absolute Gasteiger partial charge is 0.352 e. The number of nitrogens with one attached hydrogen (secondary N) is 2. The Morgan fingerprint density at radius 3 is 2.58 bits per heavy atom. The van der Waals surface area contributed by atoms with E-state index in [-0.39, 0.29) is 11.8 Å². The molecular weight excluding hydrogens is 302 g/mol. The molecule has 5 nitrogen and oxygen atoms in total. The van der Waals surface area contributed by atoms with E-state index in [1.54, 1.807) is 24.4 Å². The van der Waals surface area contributed by atoms with Gasteiger partial charge in [0.25, 0.3) is 11.8 Å². The van der Waals surface area contributed by atoms with Crippen molar-refractivity contribution in [3.63, 3.8) is 0 Å². The zero-order valence-corrected chi connectivity index (χ0v) is 13.9. The van der Waals surface area contributed by atoms with E-state index in [0.717, 1.165) is 24.1 Å². The minimum absolute atomic E-state index is 0.145. The molecule has 1 aliphatic rings. The number of carbonyl (C=O) groups is 2. The molecule has 0 radical (unpaired) electrons. The van der Waals surface area contributed by atoms with Gasteiger partial charge in [-0.3, -0.25) is 14.6 Å². The van der Waals surface area contributed by atoms with Crippen LogP contribution in [0.25, 0.3) is 0 Å². The van der Waals surface area contributed by atoms with Crippen molar-refractivity contribution in [1.82, 2.24) is 10.3 Å². The number of hydrogen-bond acceptors (Lipinski definition) is 3. The highest BCUT2D eigenvalue weighted by molar-refractivity contribution is 6.05. The third-order valence-electron chi connectivity index (χ3n) is 4.12. The topological polar surface area (TPSA) is 71.1 Å². The molecule has 3 rings (SSSR count). The molecule has 1 saturated carbocycles. The number of nitrogens with zero attached hydrogens (tertiary/aromatic N) is 1. The van der Waals surface area contributed by atoms with Crippen LogP contribution in [0.2, 0.25) is 0 Å². The van der Waals surface area contributed by atoms with E-state index in [1.165, 1.54) is 0 Å². The molecule has 2 aromatic rings. The molecule has 1 heterocycles. The van der Waals surface area contributed by atoms with Crippen LogP contribution in [-0.2, 0) is 0 Å². The van der Waals surface area contributed by atoms with Crippen LogP contribution in [0.5, 0.6) is 0 Å². The second kappa shape index (κ2) is 6.83. The summed E-state index contributed by atoms with van der Waals surface area (Å²) in [5.74, 6) is 0.170. The smallest absolute Gasteiger partial charge is 0.255 e. The van der Waals surface area contributed by atoms with Crippen molar-refractivity contribution in [2.24, 2.45) is 0 Å². The molecule has 1 aromatic carbocycles. The van der Waals surface area contributed by atoms with Crippen molar-refractivity contribution in [2.75, 3.05) is 11.9 Å². The zero-order valence-electron chi connectivity index (χ0n) is 13.9. The van der Waals surface area contributed by atoms with Gasteiger partial charge in [-0.2, -0.15) is 0 Å². The molecule has 0 unspecified atom stereocenters. The molecule has 2 N–H and O–H groups in total. The Morgan fingerprint density at radius 1 is 1.12 bits per heavy atom. The van der Waals surface area contributed by atoms with Crippen molar-refractivity contribution < 1.29 is 9.59 Å². The summed E-state index contributed by atoms with van der Waals surface area (Å²) in [6.45, 7) is 4.34. The minimum Gasteiger partial charge on any atom is -0.352 e. The number of aryl methyl sites for hydroxylation is 1. The first-order chi connectivity index (χ1) is 11.6. The lowest BCUT2D eigenvalue weighted by atomic mass is 10.1. The average molecular weight is 323 g/mol. The highest BCUT2D eigenvalue weighted by Gasteiger charge is 2.25. The van der Waals surface area contributed by atoms with Crippen LogP contribution in [0.3, 0.4) is 0 Å². The van der Waals surface area contributed by atoms with Crippen molar-refractivity contribution in [3.8, 4) is 0 Å². The van der Waals surface area contributed by atoms with Crippen molar-refractivity contribution in [1.29, 1.82) is 0 Å². The second-order valence-electron chi connectivity index (χ2n) is 6.09. The normalized spacial score (nSPS) is 13.4. The third-order valence-corrected chi connectivity index (χ3v) is 4.12. The first-order valence-corrected chi connectivity index (χ1v) is 8.24. The lowest BCUT2D eigenvalue weighted by molar-refractivity contribution is 0.0954. The fourth-order valence-corrected chi connectivity index (χ4v) is 2.55. The molecule has 0 atom stereocenters. The predicted molar refractivity (Wildman–Crippen MR) is 93.4 cm³/mol. The van der Waals surface area contributed by atoms with E-state index in [2.05, 4.69) is 15.6 Å². The van der Waals surface area contributed by atoms with Gasteiger partial charge in [-0.1, -0.05) is 6.07 Å². The molecule has 5 heteroatoms. The van der Waals surface area contributed by atoms with Gasteiger partial charge in [0.1, 0.15) is 0 Å². The average Bonchev–Trinajstić information content (AvgIpc) is 3.42. The molecular formula is C19H21N3O2. The number of aromatic nitrogens is 1. The van der Waals surface area contributed by atoms with Gasteiger partial charge in [0.15, 0.2) is 0 Å². The number of benzene rings is 1. The summed E-state index contributed by atoms with van der Waals surface area (Å²) in [7, 11) is 0. The summed E-state index contributed by atoms with van der Waals surface area (Å²) in [5.41, 5.74) is 3.66. The highest BCUT2D eigenvalue weighted by Crippen LogP contribution is 2.39. The van der Waals surface area contributed by atoms with E-state index in [9.17, 15) is 9.59 Å². The second-order valence-corrected chi connectivity index (χ2v) is 6.09. The van der Waals surface area contributed by atoms with Gasteiger partial charge in [-0.05, 0) is 56.5 Å². The quantitative estimate of drug-likeness (QED) is 0.887. The van der Waals surface area contributed by atoms with Crippen molar-refractivity contribution >= 4 is 17.5 Å². The molecule has 0 aliphatic heterocycles. The molecule has 0 saturated heterocycles. The summed E-state index contributed by atoms with van der Waals surface area (Å²) >= 11 is 0. The molecule has 1 fully saturated rings. The van der Waals surface area contributed by atoms with Crippen LogP contribution in [0.15, 0.2) is 36.5 Å². The number of rotatable bonds is 5. The van der Waals surface area contributed by atoms with E-state index in [0.29, 0.717) is 29.3 Å². The highest BCUT2D eigenvalue weighted by atomic mass is 16.2. The maximum absolute atomic E-state index is 12.5. The van der Waals surface area contributed by atoms with Crippen LogP contribution in [0.1, 0.15) is 57.7 Å². The maximum atomic E-state index is 12.5. The van der Waals surface area contributed by atoms with Gasteiger partial charge < -0.3 is 10.6 Å². The fourth-order valence-electron chi connectivity index (χ4n) is 2.55. The Kier molecular flexibility index (Phi) is 4.60. The van der Waals surface area contributed by atoms with Crippen LogP contribution >= 0.6 is 0 Å². The van der Waals surface area contributed by atoms with Crippen LogP contribution in [-0.4, -0.2) is 23.3 Å². The van der Waals surface area contributed by atoms with Crippen LogP contribution < -0.4 is 10.6 Å². The van der Waals surface area contributed by atoms with Gasteiger partial charge in [0.2, 0.25) is 0 Å². The number of amides is 2. The number of hydrogen-bond donors (Lipinski definition) is 2. The first kappa shape index (κ1) is 16.2. The van der Waals surface area contributed by atoms with Gasteiger partial charge >= 0.3 is 0 Å². The molecule has 24 heavy (non-hydrogen) atoms. The van der Waals surface area contributed by atoms with Gasteiger partial charge in [0, 0.05) is 41.2 Å². The molecule has 0 bridgehead atoms. The zero-order chi connectivity index (χ0) is 17.1. The summed E-state index contributed by atoms with van der Waals surface area (Å²) in [4.78, 5) is 28.8. The SMILES string of the molecule is CCNC(=O)c1ccc(C)c(NC(=O)c2ccnc(C3CC3)c2)c1. The van der Waals surface area contributed by atoms with E-state index >= 15 is 0 Å². The molecule has 124 valence electrons. The third kappa shape index (κ3) is 3.62. The lowest BCUT2D eigenvalue weighted by Crippen LogP contribution is -2.23. The maximum Gasteiger partial charge on any atom is 0.255 e. The Bertz CT molecular complexity index is 782. The molecule has 1 aliphatic carbocycles. The summed E-state index contributed by atoms with van der Waals surface area (Å²) in [6, 6.07) is 8.87. The van der Waals surface area contributed by atoms with Crippen molar-refractivity contribution in [3.05, 3.63) is 58.9 Å². The predicted octanol–water partition coefficient (Wildman–Crippen LogP) is 3.27. The first-order valence-electron chi connectivity index (χ1n) is 8.24. The molecule has 1 aromatic heterocycles. The Hall–Kier alpha value is -2.69. The number of carbonyl (C=O) groups excluding carboxylic acids is 2. The summed E-state index contributed by atoms with van der Waals surface area (Å²) in [6.07, 6.45) is 3.97. The number of anilines is 1. The van der Waals surface area contributed by atoms with E-state index in [1.807, 2.05) is 26.0 Å². The van der Waals surface area contributed by atoms with E-state index < -0.39 is 0 Å². The lowest BCUT2D eigenvalue weighted by Gasteiger charge is -2.11. The summed E-state index contributed by atoms with van der Waals surface area (Å²) in [5, 5.41) is 5.66. The van der Waals surface area contributed by atoms with Gasteiger partial charge in [0.05, 0.1) is 0 Å². The van der Waals surface area contributed by atoms with Crippen LogP contribution in [0, 0.1) is 6.92 Å². The Morgan fingerprint density at radius 2 is 1.88 bits per heavy atom. The number of pyridine rings is 1. The summed E-state index contributed by atoms with van der Waals surface area (Å²) < 4.78 is 0. The van der Waals surface area contributed by atoms with Crippen LogP contribution in [0.4, 0.5) is 5.69 Å². The Labute approximate surface area is 141 Å². The van der Waals surface area contributed by atoms with E-state index in [4.69, 9.17) is 0 Å². The van der Waals surface area contributed by atoms with Gasteiger partial charge in [-0.25, -0.2) is 0 Å². The Balaban J connectivity index is 1.79. The standard InChI is InChI=1S/C19H21N3O2/c1-3-20-18(23)14-5-4-12(2)16(10-14)22-19(24)15-8-9-21-17(11-15)13-6-7-13/h4-5,8-11,13H,3,6-7H2,1-2H3,(H,20,23)(H,22,24). The van der Waals surface area contributed by atoms with Crippen molar-refractivity contribution in [2.45, 2.75) is 32.6 Å². The minimum atomic E-state index is -0.185. The molecule has 0 spiro atoms. The van der Waals surface area contributed by atoms with Gasteiger partial charge in [-0.15, -0.1) is 0 Å². The molecule has 2 amide bonds.